The van der Waals surface area contributed by atoms with Crippen molar-refractivity contribution in [3.63, 3.8) is 0 Å². The van der Waals surface area contributed by atoms with Crippen molar-refractivity contribution in [2.45, 2.75) is 52.2 Å². The minimum absolute atomic E-state index is 0.0460. The lowest BCUT2D eigenvalue weighted by atomic mass is 9.47. The number of hydrogen-bond acceptors (Lipinski definition) is 6. The number of ether oxygens (including phenoxy) is 1. The Kier molecular flexibility index (Phi) is 5.27. The highest BCUT2D eigenvalue weighted by atomic mass is 79.9. The minimum atomic E-state index is -1.56. The van der Waals surface area contributed by atoms with Crippen LogP contribution in [0.5, 0.6) is 0 Å². The number of carbonyl (C=O) groups excluding carboxylic acids is 3. The molecular weight excluding hydrogens is 464 g/mol. The van der Waals surface area contributed by atoms with Crippen LogP contribution in [0, 0.1) is 34.5 Å². The molecule has 4 rings (SSSR count). The number of rotatable bonds is 3. The molecule has 31 heavy (non-hydrogen) atoms. The van der Waals surface area contributed by atoms with Gasteiger partial charge < -0.3 is 14.9 Å². The lowest BCUT2D eigenvalue weighted by Crippen LogP contribution is -2.62. The molecule has 2 saturated carbocycles. The summed E-state index contributed by atoms with van der Waals surface area (Å²) < 4.78 is 5.54. The number of Topliss-reactive ketones (excluding diaryl/α,β-unsaturated/α-hetero) is 1. The highest BCUT2D eigenvalue weighted by molar-refractivity contribution is 9.09. The maximum absolute atomic E-state index is 12.9. The molecule has 168 valence electrons. The zero-order valence-corrected chi connectivity index (χ0v) is 19.8. The van der Waals surface area contributed by atoms with Crippen LogP contribution < -0.4 is 0 Å². The number of ketones is 2. The van der Waals surface area contributed by atoms with Crippen LogP contribution >= 0.6 is 15.9 Å². The fourth-order valence-electron chi connectivity index (χ4n) is 7.16. The van der Waals surface area contributed by atoms with Gasteiger partial charge in [0.05, 0.1) is 11.4 Å². The molecule has 0 spiro atoms. The Morgan fingerprint density at radius 3 is 2.61 bits per heavy atom. The molecule has 0 unspecified atom stereocenters. The number of aliphatic hydroxyl groups is 2. The molecule has 0 amide bonds. The minimum Gasteiger partial charge on any atom is -0.427 e. The van der Waals surface area contributed by atoms with Gasteiger partial charge in [-0.25, -0.2) is 0 Å². The standard InChI is InChI=1S/C24H29BrO6/c1-12-7-16-15-9-19(31-13(2)26)17-8-14(27)5-6-22(17,3)21(15)18(28)10-23(16,4)24(12,30)20(29)11-25/h5-6,8-9,12,15-16,18,21,28,30H,7,10-11H2,1-4H3/t12-,15+,16+,18+,21-,22+,23+,24+/m1/s1. The summed E-state index contributed by atoms with van der Waals surface area (Å²) in [5.74, 6) is -1.50. The Bertz CT molecular complexity index is 950. The highest BCUT2D eigenvalue weighted by Gasteiger charge is 2.70. The van der Waals surface area contributed by atoms with Gasteiger partial charge in [-0.3, -0.25) is 14.4 Å². The van der Waals surface area contributed by atoms with Crippen molar-refractivity contribution in [3.05, 3.63) is 35.6 Å². The lowest BCUT2D eigenvalue weighted by Gasteiger charge is -2.58. The number of fused-ring (bicyclic) bond motifs is 5. The number of hydrogen-bond donors (Lipinski definition) is 2. The van der Waals surface area contributed by atoms with E-state index < -0.39 is 28.5 Å². The van der Waals surface area contributed by atoms with E-state index in [9.17, 15) is 24.6 Å². The van der Waals surface area contributed by atoms with E-state index in [1.54, 1.807) is 6.08 Å². The van der Waals surface area contributed by atoms with Gasteiger partial charge >= 0.3 is 5.97 Å². The van der Waals surface area contributed by atoms with Crippen LogP contribution in [0.15, 0.2) is 35.6 Å². The summed E-state index contributed by atoms with van der Waals surface area (Å²) in [6.07, 6.45) is 6.70. The molecule has 0 aliphatic heterocycles. The normalized spacial score (nSPS) is 45.8. The molecule has 8 atom stereocenters. The predicted molar refractivity (Wildman–Crippen MR) is 117 cm³/mol. The van der Waals surface area contributed by atoms with Crippen molar-refractivity contribution in [3.8, 4) is 0 Å². The number of alkyl halides is 1. The molecule has 2 N–H and O–H groups in total. The van der Waals surface area contributed by atoms with Gasteiger partial charge in [-0.05, 0) is 48.8 Å². The third-order valence-corrected chi connectivity index (χ3v) is 9.01. The van der Waals surface area contributed by atoms with E-state index in [1.165, 1.54) is 19.1 Å². The number of aliphatic hydroxyl groups excluding tert-OH is 1. The fraction of sp³-hybridized carbons (Fsp3) is 0.625. The maximum atomic E-state index is 12.9. The number of allylic oxidation sites excluding steroid dienone is 5. The van der Waals surface area contributed by atoms with Crippen LogP contribution in [0.1, 0.15) is 40.5 Å². The zero-order valence-electron chi connectivity index (χ0n) is 18.2. The summed E-state index contributed by atoms with van der Waals surface area (Å²) in [6.45, 7) is 7.05. The Balaban J connectivity index is 1.90. The van der Waals surface area contributed by atoms with Crippen molar-refractivity contribution in [1.29, 1.82) is 0 Å². The van der Waals surface area contributed by atoms with Gasteiger partial charge in [0.25, 0.3) is 0 Å². The smallest absolute Gasteiger partial charge is 0.308 e. The quantitative estimate of drug-likeness (QED) is 0.463. The number of carbonyl (C=O) groups is 3. The van der Waals surface area contributed by atoms with Crippen molar-refractivity contribution in [2.75, 3.05) is 5.33 Å². The molecule has 4 aliphatic carbocycles. The van der Waals surface area contributed by atoms with E-state index in [4.69, 9.17) is 4.74 Å². The van der Waals surface area contributed by atoms with Gasteiger partial charge in [-0.2, -0.15) is 0 Å². The third kappa shape index (κ3) is 2.92. The lowest BCUT2D eigenvalue weighted by molar-refractivity contribution is -0.174. The molecular formula is C24H29BrO6. The van der Waals surface area contributed by atoms with Crippen molar-refractivity contribution in [1.82, 2.24) is 0 Å². The average molecular weight is 493 g/mol. The van der Waals surface area contributed by atoms with E-state index in [1.807, 2.05) is 26.8 Å². The molecule has 0 bridgehead atoms. The monoisotopic (exact) mass is 492 g/mol. The second-order valence-corrected chi connectivity index (χ2v) is 10.6. The van der Waals surface area contributed by atoms with E-state index >= 15 is 0 Å². The van der Waals surface area contributed by atoms with Crippen LogP contribution in [0.4, 0.5) is 0 Å². The first-order chi connectivity index (χ1) is 14.4. The Labute approximate surface area is 190 Å². The molecule has 6 nitrogen and oxygen atoms in total. The van der Waals surface area contributed by atoms with Gasteiger partial charge in [0.1, 0.15) is 11.4 Å². The first-order valence-electron chi connectivity index (χ1n) is 10.8. The van der Waals surface area contributed by atoms with Crippen LogP contribution in [-0.4, -0.2) is 44.8 Å². The Morgan fingerprint density at radius 2 is 2.00 bits per heavy atom. The summed E-state index contributed by atoms with van der Waals surface area (Å²) in [7, 11) is 0. The summed E-state index contributed by atoms with van der Waals surface area (Å²) in [5.41, 5.74) is -2.50. The summed E-state index contributed by atoms with van der Waals surface area (Å²) in [6, 6.07) is 0. The molecule has 4 aliphatic rings. The average Bonchev–Trinajstić information content (AvgIpc) is 2.89. The summed E-state index contributed by atoms with van der Waals surface area (Å²) in [5, 5.41) is 23.1. The van der Waals surface area contributed by atoms with Gasteiger partial charge in [0.2, 0.25) is 0 Å². The van der Waals surface area contributed by atoms with E-state index in [0.717, 1.165) is 0 Å². The van der Waals surface area contributed by atoms with Crippen LogP contribution in [0.3, 0.4) is 0 Å². The van der Waals surface area contributed by atoms with E-state index in [-0.39, 0.29) is 47.0 Å². The van der Waals surface area contributed by atoms with Crippen molar-refractivity contribution in [2.24, 2.45) is 34.5 Å². The molecule has 2 fully saturated rings. The predicted octanol–water partition coefficient (Wildman–Crippen LogP) is 2.87. The van der Waals surface area contributed by atoms with Crippen molar-refractivity contribution >= 4 is 33.5 Å². The Hall–Kier alpha value is -1.57. The Morgan fingerprint density at radius 1 is 1.32 bits per heavy atom. The van der Waals surface area contributed by atoms with Gasteiger partial charge in [-0.1, -0.05) is 42.8 Å². The SMILES string of the molecule is CC(=O)OC1=C[C@@H]2[C@H]([C@@H](O)C[C@@]3(C)[C@H]2C[C@@H](C)[C@]3(O)C(=O)CBr)[C@@]2(C)C=CC(=O)C=C12. The largest absolute Gasteiger partial charge is 0.427 e. The molecule has 0 heterocycles. The number of esters is 1. The fourth-order valence-corrected chi connectivity index (χ4v) is 7.58. The van der Waals surface area contributed by atoms with Crippen LogP contribution in [-0.2, 0) is 19.1 Å². The molecule has 0 aromatic rings. The second kappa shape index (κ2) is 7.22. The third-order valence-electron chi connectivity index (χ3n) is 8.50. The first-order valence-corrected chi connectivity index (χ1v) is 11.9. The number of halogens is 1. The van der Waals surface area contributed by atoms with Gasteiger partial charge in [-0.15, -0.1) is 0 Å². The van der Waals surface area contributed by atoms with Gasteiger partial charge in [0.15, 0.2) is 11.6 Å². The topological polar surface area (TPSA) is 101 Å². The highest BCUT2D eigenvalue weighted by Crippen LogP contribution is 2.67. The molecule has 7 heteroatoms. The molecule has 0 aromatic heterocycles. The molecule has 0 radical (unpaired) electrons. The maximum Gasteiger partial charge on any atom is 0.308 e. The summed E-state index contributed by atoms with van der Waals surface area (Å²) >= 11 is 3.22. The molecule has 0 aromatic carbocycles. The van der Waals surface area contributed by atoms with E-state index in [0.29, 0.717) is 17.8 Å². The zero-order chi connectivity index (χ0) is 22.9. The second-order valence-electron chi connectivity index (χ2n) is 10.1. The van der Waals surface area contributed by atoms with Crippen LogP contribution in [0.25, 0.3) is 0 Å². The van der Waals surface area contributed by atoms with Gasteiger partial charge in [0, 0.05) is 29.2 Å². The molecule has 0 saturated heterocycles. The summed E-state index contributed by atoms with van der Waals surface area (Å²) in [4.78, 5) is 36.9. The van der Waals surface area contributed by atoms with Crippen molar-refractivity contribution < 1.29 is 29.3 Å². The first kappa shape index (κ1) is 22.6. The van der Waals surface area contributed by atoms with Crippen LogP contribution in [0.2, 0.25) is 0 Å². The van der Waals surface area contributed by atoms with E-state index in [2.05, 4.69) is 15.9 Å².